The number of benzene rings is 11. The summed E-state index contributed by atoms with van der Waals surface area (Å²) in [6.45, 7) is 0. The van der Waals surface area contributed by atoms with Gasteiger partial charge in [0, 0.05) is 39.0 Å². The number of rotatable bonds is 6. The van der Waals surface area contributed by atoms with Crippen molar-refractivity contribution in [3.63, 3.8) is 0 Å². The normalized spacial score (nSPS) is 13.0. The molecule has 1 aromatic heterocycles. The van der Waals surface area contributed by atoms with Crippen LogP contribution in [-0.2, 0) is 5.41 Å². The average Bonchev–Trinajstić information content (AvgIpc) is 4.00. The van der Waals surface area contributed by atoms with Crippen molar-refractivity contribution in [1.82, 2.24) is 4.57 Å². The Balaban J connectivity index is 0.898. The molecule has 1 spiro atoms. The van der Waals surface area contributed by atoms with Gasteiger partial charge in [-0.1, -0.05) is 200 Å². The molecule has 320 valence electrons. The minimum atomic E-state index is -0.417. The number of aromatic nitrogens is 1. The summed E-state index contributed by atoms with van der Waals surface area (Å²) in [4.78, 5) is 2.35. The van der Waals surface area contributed by atoms with Crippen LogP contribution < -0.4 is 4.90 Å². The minimum absolute atomic E-state index is 0.417. The molecular formula is C67H42N2. The third kappa shape index (κ3) is 5.26. The fraction of sp³-hybridized carbons (Fsp3) is 0.0149. The number of hydrogen-bond donors (Lipinski definition) is 0. The Hall–Kier alpha value is -8.98. The molecule has 11 aromatic carbocycles. The smallest absolute Gasteiger partial charge is 0.0726 e. The van der Waals surface area contributed by atoms with E-state index in [1.807, 2.05) is 0 Å². The van der Waals surface area contributed by atoms with Gasteiger partial charge in [-0.05, 0) is 132 Å². The van der Waals surface area contributed by atoms with Crippen LogP contribution in [0.25, 0.3) is 94.3 Å². The van der Waals surface area contributed by atoms with E-state index in [4.69, 9.17) is 0 Å². The summed E-state index contributed by atoms with van der Waals surface area (Å²) in [7, 11) is 0. The first-order valence-electron chi connectivity index (χ1n) is 24.0. The number of nitrogens with zero attached hydrogens (tertiary/aromatic N) is 2. The Morgan fingerprint density at radius 1 is 0.290 bits per heavy atom. The van der Waals surface area contributed by atoms with Crippen molar-refractivity contribution >= 4 is 38.9 Å². The number of anilines is 3. The standard InChI is InChI=1S/C67H42N2/c1-3-17-43(18-4-1)45-19-15-22-49(41-45)68(47-20-5-2-6-21-47)48-36-33-44(34-37-48)50-23-7-8-24-51(50)46-35-40-63-57(42-46)56-38-39-61-65-64-55(54-27-11-14-32-62(54)69(63)66(56)65)28-16-31-60(64)67(61)58-29-12-9-25-52(58)53-26-10-13-30-59(53)67/h1-42H. The molecule has 0 bridgehead atoms. The number of para-hydroxylation sites is 2. The lowest BCUT2D eigenvalue weighted by molar-refractivity contribution is 0.794. The van der Waals surface area contributed by atoms with Gasteiger partial charge in [0.15, 0.2) is 0 Å². The topological polar surface area (TPSA) is 8.17 Å². The first kappa shape index (κ1) is 38.2. The molecule has 69 heavy (non-hydrogen) atoms. The Morgan fingerprint density at radius 3 is 1.58 bits per heavy atom. The van der Waals surface area contributed by atoms with Gasteiger partial charge in [0.1, 0.15) is 0 Å². The second-order valence-electron chi connectivity index (χ2n) is 18.7. The van der Waals surface area contributed by atoms with Crippen LogP contribution in [0.2, 0.25) is 0 Å². The average molecular weight is 875 g/mol. The molecule has 12 aromatic rings. The van der Waals surface area contributed by atoms with Crippen molar-refractivity contribution in [1.29, 1.82) is 0 Å². The molecule has 0 unspecified atom stereocenters. The Bertz CT molecular complexity index is 4020. The lowest BCUT2D eigenvalue weighted by Crippen LogP contribution is -2.25. The van der Waals surface area contributed by atoms with E-state index in [9.17, 15) is 0 Å². The van der Waals surface area contributed by atoms with Gasteiger partial charge in [-0.15, -0.1) is 0 Å². The summed E-state index contributed by atoms with van der Waals surface area (Å²) in [5.41, 5.74) is 27.3. The second-order valence-corrected chi connectivity index (χ2v) is 18.7. The minimum Gasteiger partial charge on any atom is -0.310 e. The summed E-state index contributed by atoms with van der Waals surface area (Å²) in [6, 6.07) is 94.5. The Labute approximate surface area is 401 Å². The number of fused-ring (bicyclic) bond motifs is 13. The lowest BCUT2D eigenvalue weighted by Gasteiger charge is -2.31. The van der Waals surface area contributed by atoms with Crippen LogP contribution in [0.4, 0.5) is 17.1 Å². The monoisotopic (exact) mass is 874 g/mol. The van der Waals surface area contributed by atoms with Crippen LogP contribution in [-0.4, -0.2) is 4.57 Å². The molecule has 0 radical (unpaired) electrons. The van der Waals surface area contributed by atoms with E-state index in [0.29, 0.717) is 0 Å². The van der Waals surface area contributed by atoms with E-state index in [-0.39, 0.29) is 0 Å². The molecular weight excluding hydrogens is 833 g/mol. The predicted molar refractivity (Wildman–Crippen MR) is 287 cm³/mol. The first-order valence-corrected chi connectivity index (χ1v) is 24.0. The molecule has 2 aliphatic carbocycles. The van der Waals surface area contributed by atoms with E-state index in [1.165, 1.54) is 117 Å². The van der Waals surface area contributed by atoms with Crippen molar-refractivity contribution in [3.05, 3.63) is 277 Å². The van der Waals surface area contributed by atoms with Crippen molar-refractivity contribution in [3.8, 4) is 72.4 Å². The predicted octanol–water partition coefficient (Wildman–Crippen LogP) is 17.6. The summed E-state index contributed by atoms with van der Waals surface area (Å²) in [5, 5.41) is 2.54. The highest BCUT2D eigenvalue weighted by atomic mass is 15.1. The van der Waals surface area contributed by atoms with Crippen LogP contribution in [0.1, 0.15) is 22.3 Å². The van der Waals surface area contributed by atoms with Crippen LogP contribution in [0, 0.1) is 0 Å². The summed E-state index contributed by atoms with van der Waals surface area (Å²) >= 11 is 0. The molecule has 3 aliphatic rings. The molecule has 2 heterocycles. The third-order valence-electron chi connectivity index (χ3n) is 15.3. The molecule has 1 aliphatic heterocycles. The molecule has 15 rings (SSSR count). The molecule has 0 amide bonds. The van der Waals surface area contributed by atoms with E-state index in [2.05, 4.69) is 264 Å². The highest BCUT2D eigenvalue weighted by Crippen LogP contribution is 2.66. The first-order chi connectivity index (χ1) is 34.3. The molecule has 0 saturated carbocycles. The summed E-state index contributed by atoms with van der Waals surface area (Å²) in [5.74, 6) is 0. The maximum atomic E-state index is 2.58. The van der Waals surface area contributed by atoms with Gasteiger partial charge in [0.2, 0.25) is 0 Å². The van der Waals surface area contributed by atoms with Crippen LogP contribution in [0.3, 0.4) is 0 Å². The van der Waals surface area contributed by atoms with E-state index < -0.39 is 5.41 Å². The molecule has 0 atom stereocenters. The Morgan fingerprint density at radius 2 is 0.826 bits per heavy atom. The highest BCUT2D eigenvalue weighted by molar-refractivity contribution is 6.20. The second kappa shape index (κ2) is 14.5. The van der Waals surface area contributed by atoms with Gasteiger partial charge < -0.3 is 9.47 Å². The van der Waals surface area contributed by atoms with Crippen LogP contribution >= 0.6 is 0 Å². The van der Waals surface area contributed by atoms with Gasteiger partial charge in [0.25, 0.3) is 0 Å². The maximum absolute atomic E-state index is 2.58. The molecule has 2 heteroatoms. The van der Waals surface area contributed by atoms with Crippen molar-refractivity contribution in [2.75, 3.05) is 4.90 Å². The summed E-state index contributed by atoms with van der Waals surface area (Å²) < 4.78 is 2.58. The Kier molecular flexibility index (Phi) is 8.02. The summed E-state index contributed by atoms with van der Waals surface area (Å²) in [6.07, 6.45) is 0. The van der Waals surface area contributed by atoms with Gasteiger partial charge >= 0.3 is 0 Å². The highest BCUT2D eigenvalue weighted by Gasteiger charge is 2.53. The fourth-order valence-corrected chi connectivity index (χ4v) is 12.6. The molecule has 0 N–H and O–H groups in total. The van der Waals surface area contributed by atoms with Gasteiger partial charge in [-0.2, -0.15) is 0 Å². The maximum Gasteiger partial charge on any atom is 0.0726 e. The van der Waals surface area contributed by atoms with Gasteiger partial charge in [-0.25, -0.2) is 0 Å². The largest absolute Gasteiger partial charge is 0.310 e. The van der Waals surface area contributed by atoms with Crippen molar-refractivity contribution in [2.45, 2.75) is 5.41 Å². The van der Waals surface area contributed by atoms with E-state index >= 15 is 0 Å². The molecule has 2 nitrogen and oxygen atoms in total. The zero-order chi connectivity index (χ0) is 45.2. The molecule has 0 fully saturated rings. The van der Waals surface area contributed by atoms with Crippen LogP contribution in [0.15, 0.2) is 255 Å². The third-order valence-corrected chi connectivity index (χ3v) is 15.3. The van der Waals surface area contributed by atoms with E-state index in [0.717, 1.165) is 17.1 Å². The fourth-order valence-electron chi connectivity index (χ4n) is 12.6. The quantitative estimate of drug-likeness (QED) is 0.162. The zero-order valence-corrected chi connectivity index (χ0v) is 37.6. The van der Waals surface area contributed by atoms with Gasteiger partial charge in [0.05, 0.1) is 22.1 Å². The SMILES string of the molecule is c1ccc(-c2cccc(N(c3ccccc3)c3ccc(-c4ccccc4-c4ccc5c(c4)c4ccc6c7c4n5-c4ccccc4-c4cccc(c4-7)C64c5ccccc5-c5ccccc54)cc3)c2)cc1. The van der Waals surface area contributed by atoms with Crippen molar-refractivity contribution < 1.29 is 0 Å². The van der Waals surface area contributed by atoms with E-state index in [1.54, 1.807) is 0 Å². The zero-order valence-electron chi connectivity index (χ0n) is 37.6. The molecule has 0 saturated heterocycles. The number of hydrogen-bond acceptors (Lipinski definition) is 1. The van der Waals surface area contributed by atoms with Crippen molar-refractivity contribution in [2.24, 2.45) is 0 Å². The van der Waals surface area contributed by atoms with Crippen LogP contribution in [0.5, 0.6) is 0 Å². The lowest BCUT2D eigenvalue weighted by atomic mass is 9.70. The van der Waals surface area contributed by atoms with Gasteiger partial charge in [-0.3, -0.25) is 0 Å².